The second kappa shape index (κ2) is 38.3. The summed E-state index contributed by atoms with van der Waals surface area (Å²) in [4.78, 5) is 11.5. The normalized spacial score (nSPS) is 11.7. The third kappa shape index (κ3) is 43.5. The zero-order valence-corrected chi connectivity index (χ0v) is 31.1. The van der Waals surface area contributed by atoms with Gasteiger partial charge in [-0.2, -0.15) is 0 Å². The first-order valence-corrected chi connectivity index (χ1v) is 17.9. The molecule has 0 spiro atoms. The number of amides is 1. The van der Waals surface area contributed by atoms with Crippen LogP contribution < -0.4 is 5.32 Å². The minimum absolute atomic E-state index is 0.383. The van der Waals surface area contributed by atoms with Gasteiger partial charge in [-0.1, -0.05) is 22.6 Å². The summed E-state index contributed by atoms with van der Waals surface area (Å²) in [6, 6.07) is 0. The van der Waals surface area contributed by atoms with Crippen molar-refractivity contribution in [3.63, 3.8) is 0 Å². The first-order valence-electron chi connectivity index (χ1n) is 16.4. The van der Waals surface area contributed by atoms with E-state index < -0.39 is 11.7 Å². The van der Waals surface area contributed by atoms with Crippen molar-refractivity contribution in [2.75, 3.05) is 170 Å². The molecule has 0 aliphatic rings. The third-order valence-corrected chi connectivity index (χ3v) is 5.67. The molecule has 0 rings (SSSR count). The lowest BCUT2D eigenvalue weighted by Crippen LogP contribution is -2.34. The van der Waals surface area contributed by atoms with Crippen molar-refractivity contribution in [2.24, 2.45) is 0 Å². The van der Waals surface area contributed by atoms with Crippen molar-refractivity contribution >= 4 is 28.7 Å². The maximum atomic E-state index is 11.5. The van der Waals surface area contributed by atoms with Gasteiger partial charge in [-0.15, -0.1) is 0 Å². The summed E-state index contributed by atoms with van der Waals surface area (Å²) in [5.41, 5.74) is -0.511. The molecule has 0 atom stereocenters. The first kappa shape index (κ1) is 46.5. The average Bonchev–Trinajstić information content (AvgIpc) is 3.03. The van der Waals surface area contributed by atoms with Gasteiger partial charge in [0.15, 0.2) is 0 Å². The Balaban J connectivity index is 3.09. The number of carbonyl (C=O) groups excluding carboxylic acids is 1. The van der Waals surface area contributed by atoms with Crippen LogP contribution in [0.2, 0.25) is 0 Å². The molecule has 0 saturated carbocycles. The summed E-state index contributed by atoms with van der Waals surface area (Å²) in [5, 5.41) is 2.63. The predicted molar refractivity (Wildman–Crippen MR) is 183 cm³/mol. The molecule has 1 N–H and O–H groups in total. The van der Waals surface area contributed by atoms with Gasteiger partial charge in [-0.05, 0) is 20.8 Å². The Morgan fingerprint density at radius 1 is 0.404 bits per heavy atom. The molecule has 0 aliphatic carbocycles. The van der Waals surface area contributed by atoms with E-state index in [2.05, 4.69) is 27.9 Å². The smallest absolute Gasteiger partial charge is 0.407 e. The van der Waals surface area contributed by atoms with Gasteiger partial charge in [0.1, 0.15) is 5.60 Å². The molecule has 0 heterocycles. The minimum atomic E-state index is -0.511. The summed E-state index contributed by atoms with van der Waals surface area (Å²) in [5.74, 6) is 0. The molecule has 0 aromatic rings. The van der Waals surface area contributed by atoms with Crippen LogP contribution in [0.5, 0.6) is 0 Å². The molecular formula is C31H62INO14. The number of carbonyl (C=O) groups is 1. The molecule has 0 aliphatic heterocycles. The summed E-state index contributed by atoms with van der Waals surface area (Å²) in [6.07, 6.45) is -0.452. The molecule has 0 saturated heterocycles. The zero-order valence-electron chi connectivity index (χ0n) is 29.0. The van der Waals surface area contributed by atoms with Crippen LogP contribution in [-0.4, -0.2) is 181 Å². The molecule has 16 heteroatoms. The van der Waals surface area contributed by atoms with Gasteiger partial charge >= 0.3 is 6.09 Å². The summed E-state index contributed by atoms with van der Waals surface area (Å²) in [7, 11) is 0. The molecule has 0 radical (unpaired) electrons. The van der Waals surface area contributed by atoms with E-state index in [4.69, 9.17) is 61.6 Å². The number of rotatable bonds is 38. The number of alkyl carbamates (subject to hydrolysis) is 1. The van der Waals surface area contributed by atoms with E-state index in [9.17, 15) is 4.79 Å². The van der Waals surface area contributed by atoms with Crippen LogP contribution >= 0.6 is 22.6 Å². The van der Waals surface area contributed by atoms with E-state index >= 15 is 0 Å². The highest BCUT2D eigenvalue weighted by atomic mass is 127. The van der Waals surface area contributed by atoms with E-state index in [0.29, 0.717) is 159 Å². The van der Waals surface area contributed by atoms with E-state index in [1.807, 2.05) is 20.8 Å². The van der Waals surface area contributed by atoms with Gasteiger partial charge in [-0.25, -0.2) is 4.79 Å². The number of alkyl halides is 1. The fourth-order valence-electron chi connectivity index (χ4n) is 3.12. The quantitative estimate of drug-likeness (QED) is 0.0553. The molecule has 0 aromatic heterocycles. The number of halogens is 1. The number of hydrogen-bond donors (Lipinski definition) is 1. The van der Waals surface area contributed by atoms with E-state index in [-0.39, 0.29) is 0 Å². The van der Waals surface area contributed by atoms with Crippen LogP contribution in [0.3, 0.4) is 0 Å². The maximum absolute atomic E-state index is 11.5. The summed E-state index contributed by atoms with van der Waals surface area (Å²) in [6.45, 7) is 18.2. The van der Waals surface area contributed by atoms with Gasteiger partial charge in [0.25, 0.3) is 0 Å². The van der Waals surface area contributed by atoms with Gasteiger partial charge in [0.2, 0.25) is 0 Å². The number of hydrogen-bond acceptors (Lipinski definition) is 14. The molecule has 0 fully saturated rings. The van der Waals surface area contributed by atoms with Crippen LogP contribution in [0, 0.1) is 0 Å². The van der Waals surface area contributed by atoms with Crippen LogP contribution in [0.25, 0.3) is 0 Å². The molecule has 47 heavy (non-hydrogen) atoms. The molecule has 0 unspecified atom stereocenters. The van der Waals surface area contributed by atoms with Crippen molar-refractivity contribution in [2.45, 2.75) is 26.4 Å². The van der Waals surface area contributed by atoms with Gasteiger partial charge in [0, 0.05) is 11.0 Å². The highest BCUT2D eigenvalue weighted by Gasteiger charge is 2.15. The lowest BCUT2D eigenvalue weighted by molar-refractivity contribution is -0.0282. The third-order valence-electron chi connectivity index (χ3n) is 5.23. The van der Waals surface area contributed by atoms with Gasteiger partial charge < -0.3 is 66.9 Å². The Labute approximate surface area is 295 Å². The Kier molecular flexibility index (Phi) is 37.9. The lowest BCUT2D eigenvalue weighted by atomic mass is 10.2. The summed E-state index contributed by atoms with van der Waals surface area (Å²) < 4.78 is 71.4. The highest BCUT2D eigenvalue weighted by Crippen LogP contribution is 2.06. The number of ether oxygens (including phenoxy) is 13. The molecule has 0 bridgehead atoms. The van der Waals surface area contributed by atoms with Crippen LogP contribution in [0.15, 0.2) is 0 Å². The monoisotopic (exact) mass is 799 g/mol. The predicted octanol–water partition coefficient (Wildman–Crippen LogP) is 2.15. The SMILES string of the molecule is CC(C)(C)OC(=O)NCCOCCOCCOCCOCCOCCOCCOCCOCCOCCOCCOCCOCCI. The van der Waals surface area contributed by atoms with Crippen molar-refractivity contribution in [3.05, 3.63) is 0 Å². The maximum Gasteiger partial charge on any atom is 0.407 e. The average molecular weight is 800 g/mol. The fourth-order valence-corrected chi connectivity index (χ4v) is 3.43. The van der Waals surface area contributed by atoms with Crippen molar-refractivity contribution in [3.8, 4) is 0 Å². The van der Waals surface area contributed by atoms with E-state index in [0.717, 1.165) is 11.0 Å². The molecular weight excluding hydrogens is 737 g/mol. The van der Waals surface area contributed by atoms with Crippen molar-refractivity contribution < 1.29 is 66.4 Å². The molecule has 0 aromatic carbocycles. The highest BCUT2D eigenvalue weighted by molar-refractivity contribution is 14.1. The van der Waals surface area contributed by atoms with Crippen molar-refractivity contribution in [1.29, 1.82) is 0 Å². The standard InChI is InChI=1S/C31H62INO14/c1-31(2,3)47-30(34)33-5-7-36-9-11-38-13-15-40-17-19-42-21-23-44-25-27-46-29-28-45-26-24-43-22-20-41-18-16-39-14-12-37-10-8-35-6-4-32/h4-29H2,1-3H3,(H,33,34). The van der Waals surface area contributed by atoms with E-state index in [1.165, 1.54) is 0 Å². The van der Waals surface area contributed by atoms with Gasteiger partial charge in [0.05, 0.1) is 159 Å². The Hall–Kier alpha value is -0.480. The summed E-state index contributed by atoms with van der Waals surface area (Å²) >= 11 is 2.28. The van der Waals surface area contributed by atoms with E-state index in [1.54, 1.807) is 0 Å². The largest absolute Gasteiger partial charge is 0.444 e. The Bertz CT molecular complexity index is 634. The lowest BCUT2D eigenvalue weighted by Gasteiger charge is -2.19. The van der Waals surface area contributed by atoms with Gasteiger partial charge in [-0.3, -0.25) is 0 Å². The van der Waals surface area contributed by atoms with Crippen molar-refractivity contribution in [1.82, 2.24) is 5.32 Å². The zero-order chi connectivity index (χ0) is 34.4. The van der Waals surface area contributed by atoms with Crippen LogP contribution in [-0.2, 0) is 61.6 Å². The second-order valence-electron chi connectivity index (χ2n) is 10.5. The Morgan fingerprint density at radius 3 is 0.830 bits per heavy atom. The first-order chi connectivity index (χ1) is 23.0. The topological polar surface area (TPSA) is 149 Å². The minimum Gasteiger partial charge on any atom is -0.444 e. The second-order valence-corrected chi connectivity index (χ2v) is 11.5. The molecule has 282 valence electrons. The van der Waals surface area contributed by atoms with Crippen LogP contribution in [0.1, 0.15) is 20.8 Å². The fraction of sp³-hybridized carbons (Fsp3) is 0.968. The molecule has 15 nitrogen and oxygen atoms in total. The molecule has 1 amide bonds. The Morgan fingerprint density at radius 2 is 0.617 bits per heavy atom. The van der Waals surface area contributed by atoms with Crippen LogP contribution in [0.4, 0.5) is 4.79 Å². The number of nitrogens with one attached hydrogen (secondary N) is 1.